The van der Waals surface area contributed by atoms with Crippen LogP contribution in [0.3, 0.4) is 0 Å². The molecule has 1 heterocycles. The lowest BCUT2D eigenvalue weighted by Gasteiger charge is -2.29. The predicted octanol–water partition coefficient (Wildman–Crippen LogP) is 1.93. The van der Waals surface area contributed by atoms with Crippen molar-refractivity contribution in [2.24, 2.45) is 5.92 Å². The number of benzene rings is 1. The molecule has 1 fully saturated rings. The second-order valence-electron chi connectivity index (χ2n) is 9.49. The van der Waals surface area contributed by atoms with Gasteiger partial charge in [0, 0.05) is 25.4 Å². The largest absolute Gasteiger partial charge is 0.355 e. The van der Waals surface area contributed by atoms with Crippen molar-refractivity contribution in [2.45, 2.75) is 64.5 Å². The van der Waals surface area contributed by atoms with Crippen molar-refractivity contribution in [3.05, 3.63) is 35.9 Å². The molecule has 0 radical (unpaired) electrons. The van der Waals surface area contributed by atoms with Gasteiger partial charge in [0.05, 0.1) is 6.04 Å². The van der Waals surface area contributed by atoms with Gasteiger partial charge in [-0.3, -0.25) is 9.69 Å². The van der Waals surface area contributed by atoms with Gasteiger partial charge in [0.15, 0.2) is 14.9 Å². The van der Waals surface area contributed by atoms with Crippen LogP contribution in [0.2, 0.25) is 0 Å². The van der Waals surface area contributed by atoms with Crippen LogP contribution in [0.15, 0.2) is 30.3 Å². The number of amides is 1. The molecule has 0 saturated carbocycles. The van der Waals surface area contributed by atoms with Gasteiger partial charge in [-0.15, -0.1) is 0 Å². The van der Waals surface area contributed by atoms with Crippen LogP contribution in [-0.2, 0) is 31.1 Å². The van der Waals surface area contributed by atoms with Crippen LogP contribution in [0.5, 0.6) is 0 Å². The van der Waals surface area contributed by atoms with Crippen molar-refractivity contribution in [3.63, 3.8) is 0 Å². The summed E-state index contributed by atoms with van der Waals surface area (Å²) in [5.74, 6) is 0.199. The monoisotopic (exact) mass is 501 g/mol. The third-order valence-corrected chi connectivity index (χ3v) is 9.27. The summed E-state index contributed by atoms with van der Waals surface area (Å²) in [6.07, 6.45) is 5.96. The molecule has 1 aromatic carbocycles. The fourth-order valence-corrected chi connectivity index (χ4v) is 7.56. The summed E-state index contributed by atoms with van der Waals surface area (Å²) >= 11 is 0. The highest BCUT2D eigenvalue weighted by molar-refractivity contribution is 8.06. The van der Waals surface area contributed by atoms with E-state index in [4.69, 9.17) is 0 Å². The summed E-state index contributed by atoms with van der Waals surface area (Å²) < 4.78 is 50.2. The maximum Gasteiger partial charge on any atom is 0.237 e. The lowest BCUT2D eigenvalue weighted by molar-refractivity contribution is -0.125. The SMILES string of the molecule is CC(C)C[C@H](CN1CCC[C@H]1C(=O)NCCCCc1ccccc1)NS(=O)(=O)CS(C)(=O)=O. The first-order valence-electron chi connectivity index (χ1n) is 11.7. The Labute approximate surface area is 199 Å². The number of nitrogens with zero attached hydrogens (tertiary/aromatic N) is 1. The fraction of sp³-hybridized carbons (Fsp3) is 0.696. The van der Waals surface area contributed by atoms with E-state index in [0.29, 0.717) is 26.1 Å². The molecule has 0 aromatic heterocycles. The first-order valence-corrected chi connectivity index (χ1v) is 15.4. The zero-order valence-corrected chi connectivity index (χ0v) is 21.6. The number of hydrogen-bond donors (Lipinski definition) is 2. The number of rotatable bonds is 14. The molecule has 0 unspecified atom stereocenters. The molecule has 0 aliphatic carbocycles. The van der Waals surface area contributed by atoms with Gasteiger partial charge >= 0.3 is 0 Å². The molecule has 8 nitrogen and oxygen atoms in total. The van der Waals surface area contributed by atoms with Crippen molar-refractivity contribution >= 4 is 25.8 Å². The first kappa shape index (κ1) is 27.8. The van der Waals surface area contributed by atoms with Gasteiger partial charge in [-0.2, -0.15) is 0 Å². The second kappa shape index (κ2) is 12.8. The number of nitrogens with one attached hydrogen (secondary N) is 2. The molecule has 2 rings (SSSR count). The smallest absolute Gasteiger partial charge is 0.237 e. The Balaban J connectivity index is 1.86. The third-order valence-electron chi connectivity index (χ3n) is 5.63. The van der Waals surface area contributed by atoms with E-state index in [2.05, 4.69) is 22.2 Å². The van der Waals surface area contributed by atoms with E-state index in [0.717, 1.165) is 38.4 Å². The van der Waals surface area contributed by atoms with Crippen molar-refractivity contribution in [1.82, 2.24) is 14.9 Å². The van der Waals surface area contributed by atoms with Crippen LogP contribution in [0.25, 0.3) is 0 Å². The van der Waals surface area contributed by atoms with E-state index in [1.54, 1.807) is 0 Å². The van der Waals surface area contributed by atoms with Gasteiger partial charge in [-0.05, 0) is 56.6 Å². The molecule has 1 saturated heterocycles. The third kappa shape index (κ3) is 11.0. The number of carbonyl (C=O) groups excluding carboxylic acids is 1. The van der Waals surface area contributed by atoms with Gasteiger partial charge in [-0.25, -0.2) is 21.6 Å². The maximum absolute atomic E-state index is 12.8. The van der Waals surface area contributed by atoms with Gasteiger partial charge in [0.2, 0.25) is 15.9 Å². The van der Waals surface area contributed by atoms with Gasteiger partial charge in [0.25, 0.3) is 0 Å². The minimum atomic E-state index is -3.97. The molecule has 188 valence electrons. The summed E-state index contributed by atoms with van der Waals surface area (Å²) in [6, 6.07) is 9.53. The Morgan fingerprint density at radius 2 is 1.82 bits per heavy atom. The molecule has 10 heteroatoms. The molecule has 33 heavy (non-hydrogen) atoms. The second-order valence-corrected chi connectivity index (χ2v) is 13.7. The Morgan fingerprint density at radius 3 is 2.45 bits per heavy atom. The average Bonchev–Trinajstić information content (AvgIpc) is 3.13. The molecule has 2 N–H and O–H groups in total. The zero-order chi connectivity index (χ0) is 24.5. The number of aryl methyl sites for hydroxylation is 1. The van der Waals surface area contributed by atoms with Crippen LogP contribution < -0.4 is 10.0 Å². The molecule has 0 spiro atoms. The van der Waals surface area contributed by atoms with Crippen molar-refractivity contribution in [1.29, 1.82) is 0 Å². The highest BCUT2D eigenvalue weighted by atomic mass is 32.3. The van der Waals surface area contributed by atoms with Gasteiger partial charge < -0.3 is 5.32 Å². The lowest BCUT2D eigenvalue weighted by atomic mass is 10.0. The number of unbranched alkanes of at least 4 members (excludes halogenated alkanes) is 1. The number of carbonyl (C=O) groups is 1. The molecule has 0 bridgehead atoms. The lowest BCUT2D eigenvalue weighted by Crippen LogP contribution is -2.50. The van der Waals surface area contributed by atoms with Crippen LogP contribution in [-0.4, -0.2) is 70.7 Å². The van der Waals surface area contributed by atoms with Crippen LogP contribution in [0.1, 0.15) is 51.5 Å². The van der Waals surface area contributed by atoms with Crippen molar-refractivity contribution in [2.75, 3.05) is 31.0 Å². The number of likely N-dealkylation sites (tertiary alicyclic amines) is 1. The Kier molecular flexibility index (Phi) is 10.8. The molecule has 2 atom stereocenters. The minimum Gasteiger partial charge on any atom is -0.355 e. The fourth-order valence-electron chi connectivity index (χ4n) is 4.35. The van der Waals surface area contributed by atoms with Crippen molar-refractivity contribution in [3.8, 4) is 0 Å². The van der Waals surface area contributed by atoms with E-state index in [9.17, 15) is 21.6 Å². The highest BCUT2D eigenvalue weighted by Crippen LogP contribution is 2.20. The standard InChI is InChI=1S/C23H39N3O5S2/c1-19(2)16-21(25-33(30,31)18-32(3,28)29)17-26-15-9-13-22(26)23(27)24-14-8-7-12-20-10-5-4-6-11-20/h4-6,10-11,19,21-22,25H,7-9,12-18H2,1-3H3,(H,24,27)/t21-,22+/m1/s1. The zero-order valence-electron chi connectivity index (χ0n) is 20.0. The molecule has 1 amide bonds. The number of sulfonamides is 1. The molecule has 1 aromatic rings. The van der Waals surface area contributed by atoms with Gasteiger partial charge in [-0.1, -0.05) is 44.2 Å². The first-order chi connectivity index (χ1) is 15.5. The molecular weight excluding hydrogens is 462 g/mol. The summed E-state index contributed by atoms with van der Waals surface area (Å²) in [7, 11) is -7.64. The number of hydrogen-bond acceptors (Lipinski definition) is 6. The normalized spacial score (nSPS) is 18.5. The maximum atomic E-state index is 12.8. The van der Waals surface area contributed by atoms with Crippen LogP contribution >= 0.6 is 0 Å². The topological polar surface area (TPSA) is 113 Å². The molecular formula is C23H39N3O5S2. The summed E-state index contributed by atoms with van der Waals surface area (Å²) in [6.45, 7) is 5.69. The van der Waals surface area contributed by atoms with Crippen LogP contribution in [0.4, 0.5) is 0 Å². The Bertz CT molecular complexity index is 950. The summed E-state index contributed by atoms with van der Waals surface area (Å²) in [5, 5.41) is 2.11. The van der Waals surface area contributed by atoms with Crippen molar-refractivity contribution < 1.29 is 21.6 Å². The van der Waals surface area contributed by atoms with E-state index < -0.39 is 31.0 Å². The van der Waals surface area contributed by atoms with Gasteiger partial charge in [0.1, 0.15) is 0 Å². The van der Waals surface area contributed by atoms with Crippen LogP contribution in [0, 0.1) is 5.92 Å². The van der Waals surface area contributed by atoms with E-state index >= 15 is 0 Å². The Morgan fingerprint density at radius 1 is 1.12 bits per heavy atom. The summed E-state index contributed by atoms with van der Waals surface area (Å²) in [5.41, 5.74) is 1.29. The summed E-state index contributed by atoms with van der Waals surface area (Å²) in [4.78, 5) is 14.8. The van der Waals surface area contributed by atoms with E-state index in [-0.39, 0.29) is 17.9 Å². The average molecular weight is 502 g/mol. The molecule has 1 aliphatic heterocycles. The highest BCUT2D eigenvalue weighted by Gasteiger charge is 2.33. The van der Waals surface area contributed by atoms with E-state index in [1.807, 2.05) is 36.9 Å². The quantitative estimate of drug-likeness (QED) is 0.377. The predicted molar refractivity (Wildman–Crippen MR) is 132 cm³/mol. The molecule has 1 aliphatic rings. The Hall–Kier alpha value is -1.49. The van der Waals surface area contributed by atoms with E-state index in [1.165, 1.54) is 5.56 Å². The minimum absolute atomic E-state index is 0.0190. The number of sulfone groups is 1.